The van der Waals surface area contributed by atoms with Crippen LogP contribution in [0.1, 0.15) is 38.2 Å². The number of thiophene rings is 1. The normalized spacial score (nSPS) is 10.9. The molecular weight excluding hydrogens is 328 g/mol. The van der Waals surface area contributed by atoms with Crippen LogP contribution >= 0.6 is 11.3 Å². The van der Waals surface area contributed by atoms with E-state index >= 15 is 0 Å². The summed E-state index contributed by atoms with van der Waals surface area (Å²) < 4.78 is 1.77. The molecule has 0 fully saturated rings. The number of rotatable bonds is 5. The number of nitrogens with one attached hydrogen (secondary N) is 1. The summed E-state index contributed by atoms with van der Waals surface area (Å²) in [4.78, 5) is 28.3. The maximum absolute atomic E-state index is 12.4. The minimum absolute atomic E-state index is 0.162. The predicted octanol–water partition coefficient (Wildman–Crippen LogP) is 2.45. The molecule has 0 bridgehead atoms. The van der Waals surface area contributed by atoms with Crippen molar-refractivity contribution >= 4 is 34.2 Å². The van der Waals surface area contributed by atoms with Gasteiger partial charge in [-0.05, 0) is 36.9 Å². The van der Waals surface area contributed by atoms with Crippen molar-refractivity contribution in [2.75, 3.05) is 0 Å². The van der Waals surface area contributed by atoms with Crippen molar-refractivity contribution in [2.45, 2.75) is 26.9 Å². The molecule has 0 aliphatic carbocycles. The van der Waals surface area contributed by atoms with Gasteiger partial charge in [-0.25, -0.2) is 14.5 Å². The number of nitrogens with zero attached hydrogens (tertiary/aromatic N) is 3. The summed E-state index contributed by atoms with van der Waals surface area (Å²) in [5, 5.41) is 18.6. The second-order valence-electron chi connectivity index (χ2n) is 5.26. The standard InChI is InChI=1S/C16H16N4O3S/c1-3-20-14-11(8-18-20)6-12(9(2)19-14)15(21)17-7-10-4-5-24-13(10)16(22)23/h4-6,8H,3,7H2,1-2H3,(H,17,21)(H,22,23). The molecule has 3 heterocycles. The first-order valence-electron chi connectivity index (χ1n) is 7.42. The van der Waals surface area contributed by atoms with E-state index in [1.165, 1.54) is 0 Å². The molecule has 2 N–H and O–H groups in total. The van der Waals surface area contributed by atoms with Crippen LogP contribution < -0.4 is 5.32 Å². The highest BCUT2D eigenvalue weighted by atomic mass is 32.1. The number of aromatic nitrogens is 3. The molecule has 3 aromatic rings. The quantitative estimate of drug-likeness (QED) is 0.741. The van der Waals surface area contributed by atoms with E-state index in [4.69, 9.17) is 5.11 Å². The molecule has 1 amide bonds. The number of carboxylic acids is 1. The summed E-state index contributed by atoms with van der Waals surface area (Å²) in [6.07, 6.45) is 1.68. The molecular formula is C16H16N4O3S. The van der Waals surface area contributed by atoms with Crippen LogP contribution in [-0.4, -0.2) is 31.7 Å². The van der Waals surface area contributed by atoms with Gasteiger partial charge < -0.3 is 10.4 Å². The van der Waals surface area contributed by atoms with Gasteiger partial charge in [-0.1, -0.05) is 0 Å². The molecule has 0 saturated carbocycles. The fourth-order valence-electron chi connectivity index (χ4n) is 2.49. The Hall–Kier alpha value is -2.74. The Bertz CT molecular complexity index is 929. The third-order valence-corrected chi connectivity index (χ3v) is 4.67. The lowest BCUT2D eigenvalue weighted by molar-refractivity contribution is 0.0700. The molecule has 0 radical (unpaired) electrons. The summed E-state index contributed by atoms with van der Waals surface area (Å²) in [6, 6.07) is 3.46. The third kappa shape index (κ3) is 2.88. The largest absolute Gasteiger partial charge is 0.477 e. The van der Waals surface area contributed by atoms with Crippen LogP contribution in [0.3, 0.4) is 0 Å². The molecule has 0 spiro atoms. The molecule has 124 valence electrons. The van der Waals surface area contributed by atoms with Gasteiger partial charge in [-0.3, -0.25) is 4.79 Å². The Kier molecular flexibility index (Phi) is 4.30. The predicted molar refractivity (Wildman–Crippen MR) is 90.4 cm³/mol. The molecule has 0 aliphatic heterocycles. The van der Waals surface area contributed by atoms with Crippen LogP contribution in [0.5, 0.6) is 0 Å². The Morgan fingerprint density at radius 2 is 2.21 bits per heavy atom. The zero-order valence-corrected chi connectivity index (χ0v) is 14.1. The molecule has 0 atom stereocenters. The van der Waals surface area contributed by atoms with Gasteiger partial charge in [-0.15, -0.1) is 11.3 Å². The van der Waals surface area contributed by atoms with Gasteiger partial charge in [0.2, 0.25) is 0 Å². The minimum Gasteiger partial charge on any atom is -0.477 e. The molecule has 24 heavy (non-hydrogen) atoms. The van der Waals surface area contributed by atoms with Crippen LogP contribution in [-0.2, 0) is 13.1 Å². The highest BCUT2D eigenvalue weighted by molar-refractivity contribution is 7.12. The molecule has 0 unspecified atom stereocenters. The highest BCUT2D eigenvalue weighted by Gasteiger charge is 2.16. The summed E-state index contributed by atoms with van der Waals surface area (Å²) in [5.74, 6) is -1.27. The van der Waals surface area contributed by atoms with Crippen molar-refractivity contribution in [2.24, 2.45) is 0 Å². The van der Waals surface area contributed by atoms with E-state index in [1.54, 1.807) is 35.3 Å². The van der Waals surface area contributed by atoms with Crippen LogP contribution in [0.4, 0.5) is 0 Å². The Morgan fingerprint density at radius 3 is 2.92 bits per heavy atom. The van der Waals surface area contributed by atoms with Crippen LogP contribution in [0, 0.1) is 6.92 Å². The lowest BCUT2D eigenvalue weighted by atomic mass is 10.1. The lowest BCUT2D eigenvalue weighted by Gasteiger charge is -2.08. The number of fused-ring (bicyclic) bond motifs is 1. The number of carbonyl (C=O) groups is 2. The van der Waals surface area contributed by atoms with E-state index in [-0.39, 0.29) is 17.3 Å². The molecule has 3 aromatic heterocycles. The Morgan fingerprint density at radius 1 is 1.42 bits per heavy atom. The molecule has 0 aromatic carbocycles. The Balaban J connectivity index is 1.82. The number of hydrogen-bond donors (Lipinski definition) is 2. The second-order valence-corrected chi connectivity index (χ2v) is 6.17. The van der Waals surface area contributed by atoms with E-state index in [2.05, 4.69) is 15.4 Å². The van der Waals surface area contributed by atoms with E-state index < -0.39 is 5.97 Å². The number of pyridine rings is 1. The summed E-state index contributed by atoms with van der Waals surface area (Å²) >= 11 is 1.14. The zero-order valence-electron chi connectivity index (χ0n) is 13.2. The van der Waals surface area contributed by atoms with Crippen molar-refractivity contribution in [1.82, 2.24) is 20.1 Å². The zero-order chi connectivity index (χ0) is 17.3. The maximum atomic E-state index is 12.4. The van der Waals surface area contributed by atoms with Crippen molar-refractivity contribution in [3.05, 3.63) is 45.4 Å². The number of carboxylic acid groups (broad SMARTS) is 1. The van der Waals surface area contributed by atoms with Crippen LogP contribution in [0.2, 0.25) is 0 Å². The lowest BCUT2D eigenvalue weighted by Crippen LogP contribution is -2.24. The van der Waals surface area contributed by atoms with Gasteiger partial charge in [0.05, 0.1) is 17.5 Å². The van der Waals surface area contributed by atoms with Gasteiger partial charge >= 0.3 is 5.97 Å². The van der Waals surface area contributed by atoms with Gasteiger partial charge in [0, 0.05) is 18.5 Å². The van der Waals surface area contributed by atoms with Gasteiger partial charge in [0.1, 0.15) is 4.88 Å². The molecule has 0 saturated heterocycles. The maximum Gasteiger partial charge on any atom is 0.346 e. The van der Waals surface area contributed by atoms with E-state index in [9.17, 15) is 9.59 Å². The van der Waals surface area contributed by atoms with Gasteiger partial charge in [0.25, 0.3) is 5.91 Å². The van der Waals surface area contributed by atoms with Crippen LogP contribution in [0.25, 0.3) is 11.0 Å². The number of hydrogen-bond acceptors (Lipinski definition) is 5. The number of amides is 1. The van der Waals surface area contributed by atoms with Crippen LogP contribution in [0.15, 0.2) is 23.7 Å². The van der Waals surface area contributed by atoms with E-state index in [1.807, 2.05) is 6.92 Å². The van der Waals surface area contributed by atoms with E-state index in [0.717, 1.165) is 22.4 Å². The summed E-state index contributed by atoms with van der Waals surface area (Å²) in [5.41, 5.74) is 2.41. The molecule has 7 nitrogen and oxygen atoms in total. The molecule has 0 aliphatic rings. The molecule has 3 rings (SSSR count). The number of aromatic carboxylic acids is 1. The summed E-state index contributed by atoms with van der Waals surface area (Å²) in [6.45, 7) is 4.62. The summed E-state index contributed by atoms with van der Waals surface area (Å²) in [7, 11) is 0. The average Bonchev–Trinajstić information content (AvgIpc) is 3.17. The number of aryl methyl sites for hydroxylation is 2. The van der Waals surface area contributed by atoms with Crippen molar-refractivity contribution in [3.8, 4) is 0 Å². The first-order valence-corrected chi connectivity index (χ1v) is 8.30. The SMILES string of the molecule is CCn1ncc2cc(C(=O)NCc3ccsc3C(=O)O)c(C)nc21. The number of carbonyl (C=O) groups excluding carboxylic acids is 1. The highest BCUT2D eigenvalue weighted by Crippen LogP contribution is 2.18. The van der Waals surface area contributed by atoms with Gasteiger partial charge in [0.15, 0.2) is 5.65 Å². The topological polar surface area (TPSA) is 97.1 Å². The third-order valence-electron chi connectivity index (χ3n) is 3.73. The minimum atomic E-state index is -0.986. The Labute approximate surface area is 141 Å². The fourth-order valence-corrected chi connectivity index (χ4v) is 3.25. The second kappa shape index (κ2) is 6.40. The monoisotopic (exact) mass is 344 g/mol. The first kappa shape index (κ1) is 16.1. The van der Waals surface area contributed by atoms with E-state index in [0.29, 0.717) is 23.4 Å². The van der Waals surface area contributed by atoms with Crippen molar-refractivity contribution < 1.29 is 14.7 Å². The average molecular weight is 344 g/mol. The van der Waals surface area contributed by atoms with Crippen molar-refractivity contribution in [3.63, 3.8) is 0 Å². The first-order chi connectivity index (χ1) is 11.5. The van der Waals surface area contributed by atoms with Gasteiger partial charge in [-0.2, -0.15) is 5.10 Å². The smallest absolute Gasteiger partial charge is 0.346 e. The fraction of sp³-hybridized carbons (Fsp3) is 0.250. The molecule has 8 heteroatoms. The van der Waals surface area contributed by atoms with Crippen molar-refractivity contribution in [1.29, 1.82) is 0 Å².